The first kappa shape index (κ1) is 18.7. The molecule has 4 nitrogen and oxygen atoms in total. The van der Waals surface area contributed by atoms with Gasteiger partial charge >= 0.3 is 12.1 Å². The topological polar surface area (TPSA) is 66.4 Å². The van der Waals surface area contributed by atoms with Crippen molar-refractivity contribution in [3.8, 4) is 0 Å². The van der Waals surface area contributed by atoms with Crippen molar-refractivity contribution in [2.45, 2.75) is 31.7 Å². The Bertz CT molecular complexity index is 581. The highest BCUT2D eigenvalue weighted by molar-refractivity contribution is 5.87. The zero-order chi connectivity index (χ0) is 17.6. The molecule has 0 heterocycles. The Kier molecular flexibility index (Phi) is 6.29. The molecule has 1 amide bonds. The van der Waals surface area contributed by atoms with E-state index in [4.69, 9.17) is 5.11 Å². The molecule has 0 aliphatic rings. The van der Waals surface area contributed by atoms with Gasteiger partial charge in [-0.2, -0.15) is 13.2 Å². The van der Waals surface area contributed by atoms with Crippen LogP contribution in [0, 0.1) is 0 Å². The summed E-state index contributed by atoms with van der Waals surface area (Å²) in [6, 6.07) is 1.68. The zero-order valence-corrected chi connectivity index (χ0v) is 12.1. The third kappa shape index (κ3) is 5.39. The van der Waals surface area contributed by atoms with Gasteiger partial charge in [0.2, 0.25) is 6.17 Å². The summed E-state index contributed by atoms with van der Waals surface area (Å²) < 4.78 is 51.2. The van der Waals surface area contributed by atoms with Crippen LogP contribution in [0.2, 0.25) is 0 Å². The summed E-state index contributed by atoms with van der Waals surface area (Å²) in [5, 5.41) is 10.9. The zero-order valence-electron chi connectivity index (χ0n) is 12.1. The highest BCUT2D eigenvalue weighted by atomic mass is 19.4. The Labute approximate surface area is 129 Å². The highest BCUT2D eigenvalue weighted by Gasteiger charge is 2.31. The number of rotatable bonds is 6. The molecule has 2 N–H and O–H groups in total. The SMILES string of the molecule is C/C=C/CC(NC(=O)C(F)c1ccc(C(F)(F)F)cc1)C(=O)O. The number of aliphatic carboxylic acids is 1. The van der Waals surface area contributed by atoms with Crippen LogP contribution in [0.3, 0.4) is 0 Å². The van der Waals surface area contributed by atoms with Crippen molar-refractivity contribution in [1.82, 2.24) is 5.32 Å². The van der Waals surface area contributed by atoms with Gasteiger partial charge in [-0.25, -0.2) is 9.18 Å². The molecular weight excluding hydrogens is 318 g/mol. The van der Waals surface area contributed by atoms with Crippen LogP contribution in [0.25, 0.3) is 0 Å². The number of allylic oxidation sites excluding steroid dienone is 1. The molecule has 0 fully saturated rings. The molecule has 0 spiro atoms. The van der Waals surface area contributed by atoms with Gasteiger partial charge < -0.3 is 10.4 Å². The minimum Gasteiger partial charge on any atom is -0.480 e. The number of alkyl halides is 4. The minimum absolute atomic E-state index is 0.0305. The van der Waals surface area contributed by atoms with E-state index in [9.17, 15) is 27.2 Å². The average Bonchev–Trinajstić information content (AvgIpc) is 2.49. The van der Waals surface area contributed by atoms with Gasteiger partial charge in [0.25, 0.3) is 5.91 Å². The van der Waals surface area contributed by atoms with Gasteiger partial charge in [0.05, 0.1) is 5.56 Å². The normalized spacial score (nSPS) is 14.5. The average molecular weight is 333 g/mol. The van der Waals surface area contributed by atoms with E-state index in [0.717, 1.165) is 12.1 Å². The summed E-state index contributed by atoms with van der Waals surface area (Å²) in [6.45, 7) is 1.65. The van der Waals surface area contributed by atoms with Gasteiger partial charge in [-0.05, 0) is 31.0 Å². The Morgan fingerprint density at radius 2 is 1.83 bits per heavy atom. The van der Waals surface area contributed by atoms with Crippen molar-refractivity contribution in [2.75, 3.05) is 0 Å². The van der Waals surface area contributed by atoms with Crippen molar-refractivity contribution >= 4 is 11.9 Å². The number of hydrogen-bond acceptors (Lipinski definition) is 2. The van der Waals surface area contributed by atoms with E-state index >= 15 is 0 Å². The third-order valence-electron chi connectivity index (χ3n) is 2.98. The fourth-order valence-electron chi connectivity index (χ4n) is 1.73. The predicted octanol–water partition coefficient (Wildman–Crippen LogP) is 3.25. The molecule has 2 unspecified atom stereocenters. The van der Waals surface area contributed by atoms with E-state index in [1.54, 1.807) is 13.0 Å². The Hall–Kier alpha value is -2.38. The predicted molar refractivity (Wildman–Crippen MR) is 74.3 cm³/mol. The van der Waals surface area contributed by atoms with Crippen molar-refractivity contribution < 1.29 is 32.3 Å². The lowest BCUT2D eigenvalue weighted by Gasteiger charge is -2.15. The molecule has 0 bridgehead atoms. The van der Waals surface area contributed by atoms with Crippen LogP contribution < -0.4 is 5.32 Å². The van der Waals surface area contributed by atoms with Crippen LogP contribution in [0.1, 0.15) is 30.6 Å². The number of hydrogen-bond donors (Lipinski definition) is 2. The van der Waals surface area contributed by atoms with Crippen LogP contribution in [0.15, 0.2) is 36.4 Å². The summed E-state index contributed by atoms with van der Waals surface area (Å²) in [5.41, 5.74) is -1.25. The van der Waals surface area contributed by atoms with Crippen LogP contribution in [-0.2, 0) is 15.8 Å². The first-order valence-electron chi connectivity index (χ1n) is 6.62. The summed E-state index contributed by atoms with van der Waals surface area (Å²) in [5.74, 6) is -2.56. The lowest BCUT2D eigenvalue weighted by Crippen LogP contribution is -2.42. The van der Waals surface area contributed by atoms with Crippen molar-refractivity contribution in [3.63, 3.8) is 0 Å². The number of halogens is 4. The van der Waals surface area contributed by atoms with Gasteiger partial charge in [-0.15, -0.1) is 0 Å². The maximum absolute atomic E-state index is 14.0. The van der Waals surface area contributed by atoms with Crippen LogP contribution in [0.5, 0.6) is 0 Å². The fourth-order valence-corrected chi connectivity index (χ4v) is 1.73. The molecule has 2 atom stereocenters. The lowest BCUT2D eigenvalue weighted by molar-refractivity contribution is -0.142. The molecule has 0 aromatic heterocycles. The van der Waals surface area contributed by atoms with Gasteiger partial charge in [-0.1, -0.05) is 24.3 Å². The number of amides is 1. The van der Waals surface area contributed by atoms with Crippen molar-refractivity contribution in [2.24, 2.45) is 0 Å². The maximum Gasteiger partial charge on any atom is 0.416 e. The van der Waals surface area contributed by atoms with Gasteiger partial charge in [0.1, 0.15) is 6.04 Å². The van der Waals surface area contributed by atoms with Crippen LogP contribution in [0.4, 0.5) is 17.6 Å². The molecule has 1 aromatic rings. The fraction of sp³-hybridized carbons (Fsp3) is 0.333. The van der Waals surface area contributed by atoms with Gasteiger partial charge in [-0.3, -0.25) is 4.79 Å². The Morgan fingerprint density at radius 1 is 1.26 bits per heavy atom. The second kappa shape index (κ2) is 7.75. The molecule has 0 radical (unpaired) electrons. The van der Waals surface area contributed by atoms with Crippen LogP contribution >= 0.6 is 0 Å². The molecule has 8 heteroatoms. The van der Waals surface area contributed by atoms with E-state index in [-0.39, 0.29) is 12.0 Å². The third-order valence-corrected chi connectivity index (χ3v) is 2.98. The first-order valence-corrected chi connectivity index (χ1v) is 6.62. The number of carboxylic acids is 1. The largest absolute Gasteiger partial charge is 0.480 e. The molecule has 126 valence electrons. The Balaban J connectivity index is 2.81. The smallest absolute Gasteiger partial charge is 0.416 e. The summed E-state index contributed by atoms with van der Waals surface area (Å²) in [7, 11) is 0. The summed E-state index contributed by atoms with van der Waals surface area (Å²) in [4.78, 5) is 22.7. The van der Waals surface area contributed by atoms with E-state index in [0.29, 0.717) is 12.1 Å². The molecule has 0 aliphatic heterocycles. The van der Waals surface area contributed by atoms with Gasteiger partial charge in [0.15, 0.2) is 0 Å². The molecule has 1 aromatic carbocycles. The van der Waals surface area contributed by atoms with E-state index in [2.05, 4.69) is 0 Å². The van der Waals surface area contributed by atoms with E-state index < -0.39 is 35.8 Å². The summed E-state index contributed by atoms with van der Waals surface area (Å²) in [6.07, 6.45) is -3.79. The maximum atomic E-state index is 14.0. The molecule has 0 saturated carbocycles. The molecule has 0 aliphatic carbocycles. The van der Waals surface area contributed by atoms with Crippen molar-refractivity contribution in [3.05, 3.63) is 47.5 Å². The number of carbonyl (C=O) groups excluding carboxylic acids is 1. The standard InChI is InChI=1S/C15H15F4NO3/c1-2-3-4-11(14(22)23)20-13(21)12(16)9-5-7-10(8-6-9)15(17,18)19/h2-3,5-8,11-12H,4H2,1H3,(H,20,21)(H,22,23)/b3-2+. The highest BCUT2D eigenvalue weighted by Crippen LogP contribution is 2.30. The molecule has 23 heavy (non-hydrogen) atoms. The second-order valence-corrected chi connectivity index (χ2v) is 4.69. The first-order chi connectivity index (χ1) is 10.7. The number of nitrogens with one attached hydrogen (secondary N) is 1. The quantitative estimate of drug-likeness (QED) is 0.620. The van der Waals surface area contributed by atoms with E-state index in [1.165, 1.54) is 6.08 Å². The Morgan fingerprint density at radius 3 is 2.26 bits per heavy atom. The molecule has 0 saturated heterocycles. The monoisotopic (exact) mass is 333 g/mol. The van der Waals surface area contributed by atoms with Crippen molar-refractivity contribution in [1.29, 1.82) is 0 Å². The van der Waals surface area contributed by atoms with Crippen LogP contribution in [-0.4, -0.2) is 23.0 Å². The molecule has 1 rings (SSSR count). The van der Waals surface area contributed by atoms with Gasteiger partial charge in [0, 0.05) is 0 Å². The second-order valence-electron chi connectivity index (χ2n) is 4.69. The lowest BCUT2D eigenvalue weighted by atomic mass is 10.1. The number of carbonyl (C=O) groups is 2. The number of carboxylic acid groups (broad SMARTS) is 1. The van der Waals surface area contributed by atoms with E-state index in [1.807, 2.05) is 5.32 Å². The minimum atomic E-state index is -4.56. The molecular formula is C15H15F4NO3. The number of benzene rings is 1. The summed E-state index contributed by atoms with van der Waals surface area (Å²) >= 11 is 0.